The summed E-state index contributed by atoms with van der Waals surface area (Å²) in [4.78, 5) is 19.2. The van der Waals surface area contributed by atoms with Gasteiger partial charge in [-0.05, 0) is 0 Å². The highest BCUT2D eigenvalue weighted by atomic mass is 35.5. The predicted octanol–water partition coefficient (Wildman–Crippen LogP) is 5.34. The molecule has 0 aliphatic carbocycles. The Hall–Kier alpha value is -1.27. The lowest BCUT2D eigenvalue weighted by Gasteiger charge is -2.17. The van der Waals surface area contributed by atoms with Gasteiger partial charge in [-0.25, -0.2) is 9.97 Å². The molecule has 9 heteroatoms. The number of amides is 1. The largest absolute Gasteiger partial charge is 0.384 e. The molecule has 1 amide bonds. The van der Waals surface area contributed by atoms with Crippen molar-refractivity contribution in [3.8, 4) is 0 Å². The number of rotatable bonds is 1. The fourth-order valence-corrected chi connectivity index (χ4v) is 1.73. The number of hydrogen-bond acceptors (Lipinski definition) is 4. The van der Waals surface area contributed by atoms with Gasteiger partial charge in [-0.15, -0.1) is 0 Å². The highest BCUT2D eigenvalue weighted by Gasteiger charge is 2.21. The Morgan fingerprint density at radius 2 is 1.46 bits per heavy atom. The Kier molecular flexibility index (Phi) is 7.55. The molecule has 0 saturated carbocycles. The molecule has 0 spiro atoms. The summed E-state index contributed by atoms with van der Waals surface area (Å²) in [5.74, 6) is 0.669. The standard InChI is InChI=1S/C10H12Cl2N2O.C5H4Cl2N2/c1-10(2,3)9(15)14-8-4-6(11)7(12)5-13-8;6-3-1-5(8)9-2-4(3)7/h4-5H,1-3H3,(H,13,14,15);1-2H,(H2,8,9). The number of pyridine rings is 2. The normalized spacial score (nSPS) is 10.6. The van der Waals surface area contributed by atoms with Gasteiger partial charge in [0, 0.05) is 29.9 Å². The molecule has 0 unspecified atom stereocenters. The van der Waals surface area contributed by atoms with Crippen LogP contribution in [0.4, 0.5) is 11.6 Å². The molecule has 0 aliphatic heterocycles. The Morgan fingerprint density at radius 1 is 0.958 bits per heavy atom. The Bertz CT molecular complexity index is 732. The van der Waals surface area contributed by atoms with Crippen LogP contribution >= 0.6 is 46.4 Å². The van der Waals surface area contributed by atoms with Crippen molar-refractivity contribution in [1.29, 1.82) is 0 Å². The third-order valence-electron chi connectivity index (χ3n) is 2.56. The van der Waals surface area contributed by atoms with Crippen molar-refractivity contribution >= 4 is 63.9 Å². The summed E-state index contributed by atoms with van der Waals surface area (Å²) >= 11 is 22.6. The first-order valence-corrected chi connectivity index (χ1v) is 8.21. The molecule has 0 aromatic carbocycles. The molecular weight excluding hydrogens is 394 g/mol. The van der Waals surface area contributed by atoms with Gasteiger partial charge in [0.1, 0.15) is 11.6 Å². The molecule has 3 N–H and O–H groups in total. The highest BCUT2D eigenvalue weighted by Crippen LogP contribution is 2.24. The Labute approximate surface area is 160 Å². The number of nitrogen functional groups attached to an aromatic ring is 1. The zero-order chi connectivity index (χ0) is 18.5. The van der Waals surface area contributed by atoms with E-state index < -0.39 is 5.41 Å². The predicted molar refractivity (Wildman–Crippen MR) is 101 cm³/mol. The Balaban J connectivity index is 0.000000272. The van der Waals surface area contributed by atoms with Gasteiger partial charge in [0.2, 0.25) is 5.91 Å². The molecular formula is C15H16Cl4N4O. The van der Waals surface area contributed by atoms with Crippen LogP contribution in [0.15, 0.2) is 24.5 Å². The molecule has 0 saturated heterocycles. The quantitative estimate of drug-likeness (QED) is 0.665. The number of anilines is 2. The lowest BCUT2D eigenvalue weighted by molar-refractivity contribution is -0.123. The Morgan fingerprint density at radius 3 is 1.88 bits per heavy atom. The number of nitrogens with two attached hydrogens (primary N) is 1. The van der Waals surface area contributed by atoms with E-state index in [1.165, 1.54) is 24.5 Å². The van der Waals surface area contributed by atoms with Crippen molar-refractivity contribution in [2.45, 2.75) is 20.8 Å². The fourth-order valence-electron chi connectivity index (χ4n) is 1.22. The molecule has 2 aromatic rings. The molecule has 0 bridgehead atoms. The molecule has 2 rings (SSSR count). The van der Waals surface area contributed by atoms with Gasteiger partial charge >= 0.3 is 0 Å². The summed E-state index contributed by atoms with van der Waals surface area (Å²) in [7, 11) is 0. The van der Waals surface area contributed by atoms with Crippen LogP contribution in [0.3, 0.4) is 0 Å². The zero-order valence-corrected chi connectivity index (χ0v) is 16.2. The maximum atomic E-state index is 11.6. The maximum absolute atomic E-state index is 11.6. The maximum Gasteiger partial charge on any atom is 0.230 e. The van der Waals surface area contributed by atoms with Crippen LogP contribution in [-0.4, -0.2) is 15.9 Å². The highest BCUT2D eigenvalue weighted by molar-refractivity contribution is 6.42. The topological polar surface area (TPSA) is 80.9 Å². The van der Waals surface area contributed by atoms with Crippen molar-refractivity contribution in [2.75, 3.05) is 11.1 Å². The second kappa shape index (κ2) is 8.72. The molecule has 130 valence electrons. The van der Waals surface area contributed by atoms with Gasteiger partial charge in [0.15, 0.2) is 0 Å². The number of aromatic nitrogens is 2. The average molecular weight is 410 g/mol. The van der Waals surface area contributed by atoms with Crippen LogP contribution in [0.2, 0.25) is 20.1 Å². The summed E-state index contributed by atoms with van der Waals surface area (Å²) in [6.07, 6.45) is 2.82. The lowest BCUT2D eigenvalue weighted by atomic mass is 9.96. The number of halogens is 4. The second-order valence-electron chi connectivity index (χ2n) is 5.71. The van der Waals surface area contributed by atoms with E-state index >= 15 is 0 Å². The van der Waals surface area contributed by atoms with Gasteiger partial charge in [-0.1, -0.05) is 67.2 Å². The first-order valence-electron chi connectivity index (χ1n) is 6.69. The third kappa shape index (κ3) is 6.69. The molecule has 5 nitrogen and oxygen atoms in total. The molecule has 0 fully saturated rings. The molecule has 2 aromatic heterocycles. The average Bonchev–Trinajstić information content (AvgIpc) is 2.47. The minimum absolute atomic E-state index is 0.117. The van der Waals surface area contributed by atoms with Crippen LogP contribution in [0.5, 0.6) is 0 Å². The molecule has 2 heterocycles. The number of carbonyl (C=O) groups is 1. The van der Waals surface area contributed by atoms with E-state index in [2.05, 4.69) is 15.3 Å². The van der Waals surface area contributed by atoms with Gasteiger partial charge in [0.05, 0.1) is 20.1 Å². The number of carbonyl (C=O) groups excluding carboxylic acids is 1. The monoisotopic (exact) mass is 408 g/mol. The SMILES string of the molecule is CC(C)(C)C(=O)Nc1cc(Cl)c(Cl)cn1.Nc1cc(Cl)c(Cl)cn1. The van der Waals surface area contributed by atoms with Crippen LogP contribution < -0.4 is 11.1 Å². The molecule has 0 atom stereocenters. The van der Waals surface area contributed by atoms with Gasteiger partial charge in [0.25, 0.3) is 0 Å². The van der Waals surface area contributed by atoms with Gasteiger partial charge in [-0.2, -0.15) is 0 Å². The van der Waals surface area contributed by atoms with Crippen LogP contribution in [0.1, 0.15) is 20.8 Å². The van der Waals surface area contributed by atoms with E-state index in [-0.39, 0.29) is 5.91 Å². The van der Waals surface area contributed by atoms with Crippen molar-refractivity contribution < 1.29 is 4.79 Å². The van der Waals surface area contributed by atoms with E-state index in [4.69, 9.17) is 52.1 Å². The van der Waals surface area contributed by atoms with Crippen molar-refractivity contribution in [3.05, 3.63) is 44.6 Å². The van der Waals surface area contributed by atoms with Crippen molar-refractivity contribution in [2.24, 2.45) is 5.41 Å². The van der Waals surface area contributed by atoms with Crippen LogP contribution in [0, 0.1) is 5.41 Å². The first-order chi connectivity index (χ1) is 11.0. The fraction of sp³-hybridized carbons (Fsp3) is 0.267. The number of nitrogens with zero attached hydrogens (tertiary/aromatic N) is 2. The number of nitrogens with one attached hydrogen (secondary N) is 1. The summed E-state index contributed by atoms with van der Waals surface area (Å²) in [5.41, 5.74) is 4.81. The van der Waals surface area contributed by atoms with Crippen LogP contribution in [0.25, 0.3) is 0 Å². The lowest BCUT2D eigenvalue weighted by Crippen LogP contribution is -2.27. The molecule has 24 heavy (non-hydrogen) atoms. The van der Waals surface area contributed by atoms with Gasteiger partial charge < -0.3 is 11.1 Å². The summed E-state index contributed by atoms with van der Waals surface area (Å²) in [6, 6.07) is 3.03. The minimum Gasteiger partial charge on any atom is -0.384 e. The van der Waals surface area contributed by atoms with Crippen molar-refractivity contribution in [3.63, 3.8) is 0 Å². The summed E-state index contributed by atoms with van der Waals surface area (Å²) < 4.78 is 0. The minimum atomic E-state index is -0.464. The third-order valence-corrected chi connectivity index (χ3v) is 3.98. The first kappa shape index (κ1) is 20.8. The van der Waals surface area contributed by atoms with E-state index in [0.717, 1.165) is 0 Å². The van der Waals surface area contributed by atoms with Crippen LogP contribution in [-0.2, 0) is 4.79 Å². The zero-order valence-electron chi connectivity index (χ0n) is 13.2. The second-order valence-corrected chi connectivity index (χ2v) is 7.34. The van der Waals surface area contributed by atoms with E-state index in [9.17, 15) is 4.79 Å². The molecule has 0 radical (unpaired) electrons. The summed E-state index contributed by atoms with van der Waals surface area (Å²) in [6.45, 7) is 5.46. The molecule has 0 aliphatic rings. The summed E-state index contributed by atoms with van der Waals surface area (Å²) in [5, 5.41) is 4.25. The number of hydrogen-bond donors (Lipinski definition) is 2. The van der Waals surface area contributed by atoms with Crippen molar-refractivity contribution in [1.82, 2.24) is 9.97 Å². The van der Waals surface area contributed by atoms with Gasteiger partial charge in [-0.3, -0.25) is 4.79 Å². The smallest absolute Gasteiger partial charge is 0.230 e. The van der Waals surface area contributed by atoms with E-state index in [0.29, 0.717) is 31.7 Å². The van der Waals surface area contributed by atoms with E-state index in [1.807, 2.05) is 20.8 Å². The van der Waals surface area contributed by atoms with E-state index in [1.54, 1.807) is 0 Å².